The summed E-state index contributed by atoms with van der Waals surface area (Å²) in [6.45, 7) is 0. The second-order valence-corrected chi connectivity index (χ2v) is 13.8. The second kappa shape index (κ2) is 10.4. The lowest BCUT2D eigenvalue weighted by Crippen LogP contribution is -2.18. The van der Waals surface area contributed by atoms with Crippen LogP contribution < -0.4 is 25.8 Å². The number of fused-ring (bicyclic) bond motifs is 2. The zero-order valence-electron chi connectivity index (χ0n) is 21.0. The van der Waals surface area contributed by atoms with Crippen LogP contribution in [-0.2, 0) is 31.6 Å². The predicted octanol–water partition coefficient (Wildman–Crippen LogP) is 4.97. The molecule has 0 aliphatic carbocycles. The van der Waals surface area contributed by atoms with Gasteiger partial charge in [-0.2, -0.15) is 0 Å². The zero-order chi connectivity index (χ0) is 27.8. The summed E-state index contributed by atoms with van der Waals surface area (Å²) < 4.78 is 56.2. The Bertz CT molecular complexity index is 1740. The van der Waals surface area contributed by atoms with Crippen molar-refractivity contribution in [1.82, 2.24) is 0 Å². The third kappa shape index (κ3) is 6.41. The molecule has 0 saturated heterocycles. The van der Waals surface area contributed by atoms with Crippen LogP contribution in [0.2, 0.25) is 0 Å². The van der Waals surface area contributed by atoms with Crippen molar-refractivity contribution < 1.29 is 16.8 Å². The maximum absolute atomic E-state index is 12.8. The van der Waals surface area contributed by atoms with Crippen molar-refractivity contribution in [1.29, 1.82) is 0 Å². The Balaban J connectivity index is 1.31. The molecule has 5 rings (SSSR count). The summed E-state index contributed by atoms with van der Waals surface area (Å²) >= 11 is 1.51. The van der Waals surface area contributed by atoms with E-state index in [1.54, 1.807) is 60.7 Å². The average molecular weight is 582 g/mol. The highest BCUT2D eigenvalue weighted by molar-refractivity contribution is 7.99. The number of sulfonamides is 2. The van der Waals surface area contributed by atoms with E-state index in [2.05, 4.69) is 9.44 Å². The molecule has 4 aromatic rings. The van der Waals surface area contributed by atoms with Crippen molar-refractivity contribution in [2.75, 3.05) is 32.9 Å². The van der Waals surface area contributed by atoms with Gasteiger partial charge in [0.2, 0.25) is 20.0 Å². The van der Waals surface area contributed by atoms with Gasteiger partial charge in [-0.25, -0.2) is 16.8 Å². The maximum atomic E-state index is 12.8. The van der Waals surface area contributed by atoms with E-state index in [9.17, 15) is 16.8 Å². The summed E-state index contributed by atoms with van der Waals surface area (Å²) in [6, 6.07) is 24.1. The molecule has 0 radical (unpaired) electrons. The van der Waals surface area contributed by atoms with Gasteiger partial charge in [0.1, 0.15) is 0 Å². The van der Waals surface area contributed by atoms with Gasteiger partial charge in [-0.15, -0.1) is 0 Å². The number of hydrogen-bond acceptors (Lipinski definition) is 8. The molecule has 1 aliphatic rings. The van der Waals surface area contributed by atoms with E-state index in [4.69, 9.17) is 11.5 Å². The Labute approximate surface area is 232 Å². The fourth-order valence-electron chi connectivity index (χ4n) is 4.23. The quantitative estimate of drug-likeness (QED) is 0.213. The summed E-state index contributed by atoms with van der Waals surface area (Å²) in [5, 5.41) is 0. The molecule has 0 atom stereocenters. The second-order valence-electron chi connectivity index (χ2n) is 9.23. The van der Waals surface area contributed by atoms with E-state index < -0.39 is 20.0 Å². The lowest BCUT2D eigenvalue weighted by atomic mass is 10.1. The van der Waals surface area contributed by atoms with Gasteiger partial charge in [0.05, 0.1) is 22.9 Å². The number of hydrogen-bond donors (Lipinski definition) is 4. The maximum Gasteiger partial charge on any atom is 0.236 e. The van der Waals surface area contributed by atoms with E-state index in [0.29, 0.717) is 33.9 Å². The van der Waals surface area contributed by atoms with Crippen LogP contribution in [0.15, 0.2) is 94.7 Å². The fraction of sp³-hybridized carbons (Fsp3) is 0.111. The molecular formula is C27H27N5O4S3. The van der Waals surface area contributed by atoms with Crippen LogP contribution in [0.5, 0.6) is 0 Å². The van der Waals surface area contributed by atoms with Crippen molar-refractivity contribution in [2.24, 2.45) is 0 Å². The SMILES string of the molecule is CN1c2ccc(CS(=O)(=O)Nc3ccc(N)cc3)cc2Sc2ccc(CS(=O)(=O)Nc3ccc(N)cc3)cc21. The van der Waals surface area contributed by atoms with E-state index in [-0.39, 0.29) is 11.5 Å². The lowest BCUT2D eigenvalue weighted by Gasteiger charge is -2.30. The number of anilines is 6. The van der Waals surface area contributed by atoms with Crippen LogP contribution in [-0.4, -0.2) is 23.9 Å². The molecule has 0 aromatic heterocycles. The van der Waals surface area contributed by atoms with Crippen LogP contribution in [0.3, 0.4) is 0 Å². The molecule has 0 saturated carbocycles. The van der Waals surface area contributed by atoms with Gasteiger partial charge >= 0.3 is 0 Å². The molecule has 0 bridgehead atoms. The predicted molar refractivity (Wildman–Crippen MR) is 159 cm³/mol. The molecule has 0 amide bonds. The number of rotatable bonds is 8. The minimum Gasteiger partial charge on any atom is -0.399 e. The topological polar surface area (TPSA) is 148 Å². The monoisotopic (exact) mass is 581 g/mol. The first-order chi connectivity index (χ1) is 18.5. The number of nitrogens with zero attached hydrogens (tertiary/aromatic N) is 1. The van der Waals surface area contributed by atoms with E-state index in [1.165, 1.54) is 11.8 Å². The highest BCUT2D eigenvalue weighted by Gasteiger charge is 2.23. The number of nitrogens with one attached hydrogen (secondary N) is 2. The third-order valence-electron chi connectivity index (χ3n) is 6.07. The smallest absolute Gasteiger partial charge is 0.236 e. The van der Waals surface area contributed by atoms with Crippen LogP contribution in [0, 0.1) is 0 Å². The zero-order valence-corrected chi connectivity index (χ0v) is 23.4. The Morgan fingerprint density at radius 3 is 1.67 bits per heavy atom. The molecule has 202 valence electrons. The Hall–Kier alpha value is -3.87. The minimum atomic E-state index is -3.64. The highest BCUT2D eigenvalue weighted by atomic mass is 32.2. The summed E-state index contributed by atoms with van der Waals surface area (Å²) in [4.78, 5) is 3.84. The molecule has 39 heavy (non-hydrogen) atoms. The molecule has 12 heteroatoms. The van der Waals surface area contributed by atoms with Gasteiger partial charge in [-0.05, 0) is 83.9 Å². The first kappa shape index (κ1) is 26.7. The van der Waals surface area contributed by atoms with Gasteiger partial charge in [0.15, 0.2) is 0 Å². The van der Waals surface area contributed by atoms with Crippen molar-refractivity contribution in [3.05, 3.63) is 96.1 Å². The summed E-state index contributed by atoms with van der Waals surface area (Å²) in [7, 11) is -5.37. The number of nitrogens with two attached hydrogens (primary N) is 2. The standard InChI is InChI=1S/C27H27N5O4S3/c1-32-24-12-2-19(17-39(35,36)31-23-10-6-21(29)7-11-23)15-27(24)37-26-13-3-18(14-25(26)32)16-38(33,34)30-22-8-4-20(28)5-9-22/h2-15,30-31H,16-17,28-29H2,1H3. The first-order valence-electron chi connectivity index (χ1n) is 11.9. The van der Waals surface area contributed by atoms with Gasteiger partial charge < -0.3 is 16.4 Å². The normalized spacial score (nSPS) is 12.9. The van der Waals surface area contributed by atoms with E-state index >= 15 is 0 Å². The molecule has 4 aromatic carbocycles. The summed E-state index contributed by atoms with van der Waals surface area (Å²) in [5.41, 5.74) is 16.4. The molecule has 6 N–H and O–H groups in total. The largest absolute Gasteiger partial charge is 0.399 e. The molecule has 0 spiro atoms. The number of nitrogen functional groups attached to an aromatic ring is 2. The third-order valence-corrected chi connectivity index (χ3v) is 9.70. The molecule has 9 nitrogen and oxygen atoms in total. The molecule has 1 aliphatic heterocycles. The average Bonchev–Trinajstić information content (AvgIpc) is 2.86. The van der Waals surface area contributed by atoms with Crippen LogP contribution in [0.1, 0.15) is 11.1 Å². The van der Waals surface area contributed by atoms with Crippen molar-refractivity contribution in [3.63, 3.8) is 0 Å². The van der Waals surface area contributed by atoms with Crippen molar-refractivity contribution in [3.8, 4) is 0 Å². The lowest BCUT2D eigenvalue weighted by molar-refractivity contribution is 0.598. The Morgan fingerprint density at radius 1 is 0.641 bits per heavy atom. The van der Waals surface area contributed by atoms with Crippen molar-refractivity contribution in [2.45, 2.75) is 21.3 Å². The van der Waals surface area contributed by atoms with Gasteiger partial charge in [0, 0.05) is 39.6 Å². The fourth-order valence-corrected chi connectivity index (χ4v) is 7.79. The van der Waals surface area contributed by atoms with Crippen LogP contribution in [0.4, 0.5) is 34.1 Å². The van der Waals surface area contributed by atoms with Crippen LogP contribution in [0.25, 0.3) is 0 Å². The van der Waals surface area contributed by atoms with E-state index in [1.807, 2.05) is 36.2 Å². The Kier molecular flexibility index (Phi) is 7.10. The molecule has 0 unspecified atom stereocenters. The van der Waals surface area contributed by atoms with Gasteiger partial charge in [-0.1, -0.05) is 23.9 Å². The molecular weight excluding hydrogens is 555 g/mol. The van der Waals surface area contributed by atoms with Crippen molar-refractivity contribution >= 4 is 65.9 Å². The van der Waals surface area contributed by atoms with Gasteiger partial charge in [0.25, 0.3) is 0 Å². The Morgan fingerprint density at radius 2 is 1.13 bits per heavy atom. The number of benzene rings is 4. The highest BCUT2D eigenvalue weighted by Crippen LogP contribution is 2.48. The van der Waals surface area contributed by atoms with Gasteiger partial charge in [-0.3, -0.25) is 9.44 Å². The first-order valence-corrected chi connectivity index (χ1v) is 16.0. The molecule has 1 heterocycles. The summed E-state index contributed by atoms with van der Waals surface area (Å²) in [6.07, 6.45) is 0. The summed E-state index contributed by atoms with van der Waals surface area (Å²) in [5.74, 6) is -0.368. The van der Waals surface area contributed by atoms with Crippen LogP contribution >= 0.6 is 11.8 Å². The van der Waals surface area contributed by atoms with E-state index in [0.717, 1.165) is 21.2 Å². The molecule has 0 fully saturated rings. The minimum absolute atomic E-state index is 0.181.